The van der Waals surface area contributed by atoms with Crippen molar-refractivity contribution >= 4 is 5.69 Å². The fourth-order valence-corrected chi connectivity index (χ4v) is 3.04. The molecule has 1 saturated carbocycles. The van der Waals surface area contributed by atoms with E-state index in [1.54, 1.807) is 0 Å². The maximum Gasteiger partial charge on any atom is 0.182 e. The van der Waals surface area contributed by atoms with Gasteiger partial charge in [0.1, 0.15) is 0 Å². The van der Waals surface area contributed by atoms with Gasteiger partial charge in [-0.25, -0.2) is 4.68 Å². The summed E-state index contributed by atoms with van der Waals surface area (Å²) in [5.41, 5.74) is 8.80. The van der Waals surface area contributed by atoms with Crippen LogP contribution in [0.15, 0.2) is 18.2 Å². The quantitative estimate of drug-likeness (QED) is 0.839. The van der Waals surface area contributed by atoms with Crippen molar-refractivity contribution in [3.63, 3.8) is 0 Å². The number of anilines is 1. The number of nitrogens with zero attached hydrogens (tertiary/aromatic N) is 4. The lowest BCUT2D eigenvalue weighted by molar-refractivity contribution is 0.370. The molecule has 5 heteroatoms. The summed E-state index contributed by atoms with van der Waals surface area (Å²) in [7, 11) is 0. The predicted octanol–water partition coefficient (Wildman–Crippen LogP) is 2.59. The molecule has 100 valence electrons. The van der Waals surface area contributed by atoms with Crippen LogP contribution in [0.2, 0.25) is 0 Å². The van der Waals surface area contributed by atoms with E-state index >= 15 is 0 Å². The van der Waals surface area contributed by atoms with E-state index in [2.05, 4.69) is 28.5 Å². The molecule has 1 aromatic carbocycles. The highest BCUT2D eigenvalue weighted by molar-refractivity contribution is 5.62. The fourth-order valence-electron chi connectivity index (χ4n) is 3.04. The number of hydrogen-bond donors (Lipinski definition) is 1. The van der Waals surface area contributed by atoms with Crippen LogP contribution in [0, 0.1) is 12.8 Å². The standard InChI is InChI=1S/C14H19N5/c1-9-6-11(8-12(15)7-9)14-16-17-18-19(14)13-5-3-4-10(13)2/h6-8,10,13H,3-5,15H2,1-2H3. The van der Waals surface area contributed by atoms with Crippen molar-refractivity contribution < 1.29 is 0 Å². The number of hydrogen-bond acceptors (Lipinski definition) is 4. The van der Waals surface area contributed by atoms with E-state index in [1.165, 1.54) is 12.8 Å². The van der Waals surface area contributed by atoms with Crippen LogP contribution in [0.4, 0.5) is 5.69 Å². The molecule has 1 aromatic heterocycles. The molecule has 2 aromatic rings. The highest BCUT2D eigenvalue weighted by Crippen LogP contribution is 2.36. The first kappa shape index (κ1) is 12.1. The van der Waals surface area contributed by atoms with E-state index in [-0.39, 0.29) is 0 Å². The lowest BCUT2D eigenvalue weighted by atomic mass is 10.1. The van der Waals surface area contributed by atoms with Gasteiger partial charge in [0.05, 0.1) is 6.04 Å². The molecule has 19 heavy (non-hydrogen) atoms. The Morgan fingerprint density at radius 3 is 2.79 bits per heavy atom. The molecule has 0 saturated heterocycles. The van der Waals surface area contributed by atoms with Crippen LogP contribution in [-0.2, 0) is 0 Å². The molecule has 1 fully saturated rings. The molecule has 1 heterocycles. The molecule has 2 N–H and O–H groups in total. The zero-order chi connectivity index (χ0) is 13.4. The summed E-state index contributed by atoms with van der Waals surface area (Å²) in [4.78, 5) is 0. The van der Waals surface area contributed by atoms with Crippen molar-refractivity contribution in [3.8, 4) is 11.4 Å². The Kier molecular flexibility index (Phi) is 2.97. The van der Waals surface area contributed by atoms with E-state index < -0.39 is 0 Å². The maximum atomic E-state index is 5.92. The molecular formula is C14H19N5. The minimum absolute atomic E-state index is 0.409. The maximum absolute atomic E-state index is 5.92. The highest BCUT2D eigenvalue weighted by Gasteiger charge is 2.28. The Hall–Kier alpha value is -1.91. The average Bonchev–Trinajstić information content (AvgIpc) is 2.95. The molecule has 0 amide bonds. The molecule has 1 aliphatic rings. The van der Waals surface area contributed by atoms with Crippen LogP contribution >= 0.6 is 0 Å². The van der Waals surface area contributed by atoms with E-state index in [1.807, 2.05) is 23.7 Å². The first-order chi connectivity index (χ1) is 9.15. The molecule has 2 unspecified atom stereocenters. The van der Waals surface area contributed by atoms with Crippen molar-refractivity contribution in [1.29, 1.82) is 0 Å². The van der Waals surface area contributed by atoms with Gasteiger partial charge in [-0.05, 0) is 59.9 Å². The third kappa shape index (κ3) is 2.20. The van der Waals surface area contributed by atoms with Gasteiger partial charge in [-0.1, -0.05) is 13.3 Å². The summed E-state index contributed by atoms with van der Waals surface area (Å²) >= 11 is 0. The number of aromatic nitrogens is 4. The smallest absolute Gasteiger partial charge is 0.182 e. The van der Waals surface area contributed by atoms with Gasteiger partial charge < -0.3 is 5.73 Å². The van der Waals surface area contributed by atoms with E-state index in [4.69, 9.17) is 5.73 Å². The first-order valence-electron chi connectivity index (χ1n) is 6.80. The molecule has 3 rings (SSSR count). The fraction of sp³-hybridized carbons (Fsp3) is 0.500. The summed E-state index contributed by atoms with van der Waals surface area (Å²) in [6.07, 6.45) is 3.65. The lowest BCUT2D eigenvalue weighted by Crippen LogP contribution is -2.14. The summed E-state index contributed by atoms with van der Waals surface area (Å²) in [6, 6.07) is 6.38. The molecule has 0 aliphatic heterocycles. The van der Waals surface area contributed by atoms with Crippen LogP contribution in [0.3, 0.4) is 0 Å². The van der Waals surface area contributed by atoms with Crippen molar-refractivity contribution in [3.05, 3.63) is 23.8 Å². The van der Waals surface area contributed by atoms with Crippen LogP contribution in [0.25, 0.3) is 11.4 Å². The molecule has 0 spiro atoms. The second-order valence-corrected chi connectivity index (χ2v) is 5.55. The number of tetrazole rings is 1. The number of nitrogens with two attached hydrogens (primary N) is 1. The second-order valence-electron chi connectivity index (χ2n) is 5.55. The Morgan fingerprint density at radius 1 is 1.26 bits per heavy atom. The van der Waals surface area contributed by atoms with Crippen LogP contribution in [-0.4, -0.2) is 20.2 Å². The van der Waals surface area contributed by atoms with Gasteiger partial charge in [-0.3, -0.25) is 0 Å². The largest absolute Gasteiger partial charge is 0.399 e. The molecule has 1 aliphatic carbocycles. The van der Waals surface area contributed by atoms with Crippen molar-refractivity contribution in [1.82, 2.24) is 20.2 Å². The van der Waals surface area contributed by atoms with Crippen LogP contribution in [0.5, 0.6) is 0 Å². The SMILES string of the molecule is Cc1cc(N)cc(-c2nnnn2C2CCCC2C)c1. The third-order valence-corrected chi connectivity index (χ3v) is 3.98. The Labute approximate surface area is 112 Å². The normalized spacial score (nSPS) is 22.8. The molecule has 2 atom stereocenters. The molecule has 5 nitrogen and oxygen atoms in total. The van der Waals surface area contributed by atoms with Gasteiger partial charge in [-0.15, -0.1) is 5.10 Å². The summed E-state index contributed by atoms with van der Waals surface area (Å²) in [6.45, 7) is 4.31. The zero-order valence-corrected chi connectivity index (χ0v) is 11.4. The zero-order valence-electron chi connectivity index (χ0n) is 11.4. The summed E-state index contributed by atoms with van der Waals surface area (Å²) in [5.74, 6) is 1.46. The van der Waals surface area contributed by atoms with Crippen LogP contribution in [0.1, 0.15) is 37.8 Å². The van der Waals surface area contributed by atoms with Crippen molar-refractivity contribution in [2.45, 2.75) is 39.2 Å². The highest BCUT2D eigenvalue weighted by atomic mass is 15.6. The van der Waals surface area contributed by atoms with Gasteiger partial charge in [0.25, 0.3) is 0 Å². The summed E-state index contributed by atoms with van der Waals surface area (Å²) in [5, 5.41) is 12.3. The average molecular weight is 257 g/mol. The van der Waals surface area contributed by atoms with Gasteiger partial charge in [-0.2, -0.15) is 0 Å². The molecule has 0 bridgehead atoms. The second kappa shape index (κ2) is 4.64. The molecule has 0 radical (unpaired) electrons. The Bertz CT molecular complexity index is 569. The van der Waals surface area contributed by atoms with Crippen LogP contribution < -0.4 is 5.73 Å². The third-order valence-electron chi connectivity index (χ3n) is 3.98. The number of nitrogen functional groups attached to an aromatic ring is 1. The van der Waals surface area contributed by atoms with Gasteiger partial charge in [0, 0.05) is 11.3 Å². The number of benzene rings is 1. The topological polar surface area (TPSA) is 69.6 Å². The Balaban J connectivity index is 2.04. The van der Waals surface area contributed by atoms with E-state index in [0.29, 0.717) is 12.0 Å². The van der Waals surface area contributed by atoms with E-state index in [0.717, 1.165) is 29.1 Å². The lowest BCUT2D eigenvalue weighted by Gasteiger charge is -2.17. The Morgan fingerprint density at radius 2 is 2.11 bits per heavy atom. The monoisotopic (exact) mass is 257 g/mol. The minimum atomic E-state index is 0.409. The van der Waals surface area contributed by atoms with Gasteiger partial charge in [0.15, 0.2) is 5.82 Å². The van der Waals surface area contributed by atoms with Gasteiger partial charge >= 0.3 is 0 Å². The van der Waals surface area contributed by atoms with Crippen molar-refractivity contribution in [2.75, 3.05) is 5.73 Å². The van der Waals surface area contributed by atoms with Crippen molar-refractivity contribution in [2.24, 2.45) is 5.92 Å². The molecular weight excluding hydrogens is 238 g/mol. The number of aryl methyl sites for hydroxylation is 1. The predicted molar refractivity (Wildman–Crippen MR) is 74.5 cm³/mol. The minimum Gasteiger partial charge on any atom is -0.399 e. The summed E-state index contributed by atoms with van der Waals surface area (Å²) < 4.78 is 1.98. The first-order valence-corrected chi connectivity index (χ1v) is 6.80. The number of rotatable bonds is 2. The van der Waals surface area contributed by atoms with Gasteiger partial charge in [0.2, 0.25) is 0 Å². The van der Waals surface area contributed by atoms with E-state index in [9.17, 15) is 0 Å².